The van der Waals surface area contributed by atoms with E-state index in [0.29, 0.717) is 18.5 Å². The Kier molecular flexibility index (Phi) is 7.90. The Bertz CT molecular complexity index is 457. The van der Waals surface area contributed by atoms with E-state index in [1.807, 2.05) is 0 Å². The van der Waals surface area contributed by atoms with Crippen LogP contribution in [0.5, 0.6) is 11.5 Å². The molecule has 0 aromatic heterocycles. The number of benzene rings is 1. The van der Waals surface area contributed by atoms with Crippen LogP contribution >= 0.6 is 12.4 Å². The molecule has 0 aliphatic heterocycles. The zero-order valence-electron chi connectivity index (χ0n) is 11.2. The second-order valence-corrected chi connectivity index (χ2v) is 4.23. The number of hydrogen-bond donors (Lipinski definition) is 3. The number of nitrogens with zero attached hydrogens (tertiary/aromatic N) is 1. The molecular formula is C12H20ClN3O4. The van der Waals surface area contributed by atoms with Crippen molar-refractivity contribution in [2.75, 3.05) is 13.7 Å². The largest absolute Gasteiger partial charge is 0.504 e. The van der Waals surface area contributed by atoms with Gasteiger partial charge in [0.05, 0.1) is 18.1 Å². The number of nitrogens with two attached hydrogens (primary N) is 2. The van der Waals surface area contributed by atoms with Crippen molar-refractivity contribution in [3.63, 3.8) is 0 Å². The van der Waals surface area contributed by atoms with Gasteiger partial charge in [-0.3, -0.25) is 10.1 Å². The lowest BCUT2D eigenvalue weighted by Crippen LogP contribution is -2.12. The van der Waals surface area contributed by atoms with Crippen LogP contribution in [0, 0.1) is 10.1 Å². The van der Waals surface area contributed by atoms with Gasteiger partial charge < -0.3 is 21.3 Å². The molecule has 1 aromatic carbocycles. The number of ether oxygens (including phenoxy) is 1. The molecule has 8 heteroatoms. The number of rotatable bonds is 7. The molecule has 5 N–H and O–H groups in total. The zero-order valence-corrected chi connectivity index (χ0v) is 12.1. The quantitative estimate of drug-likeness (QED) is 0.401. The summed E-state index contributed by atoms with van der Waals surface area (Å²) in [5, 5.41) is 20.8. The van der Waals surface area contributed by atoms with E-state index < -0.39 is 11.0 Å². The summed E-state index contributed by atoms with van der Waals surface area (Å²) < 4.78 is 4.92. The normalized spacial score (nSPS) is 11.6. The number of nitro groups is 1. The first-order valence-corrected chi connectivity index (χ1v) is 6.02. The summed E-state index contributed by atoms with van der Waals surface area (Å²) in [6, 6.07) is 1.97. The maximum atomic E-state index is 10.8. The molecule has 20 heavy (non-hydrogen) atoms. The van der Waals surface area contributed by atoms with Gasteiger partial charge in [0, 0.05) is 17.7 Å². The minimum atomic E-state index is -0.544. The summed E-state index contributed by atoms with van der Waals surface area (Å²) in [5.74, 6) is -0.0909. The van der Waals surface area contributed by atoms with Crippen LogP contribution in [0.15, 0.2) is 12.1 Å². The molecule has 0 saturated heterocycles. The van der Waals surface area contributed by atoms with Crippen LogP contribution < -0.4 is 16.2 Å². The highest BCUT2D eigenvalue weighted by atomic mass is 35.5. The summed E-state index contributed by atoms with van der Waals surface area (Å²) in [7, 11) is 1.34. The number of phenols is 1. The van der Waals surface area contributed by atoms with E-state index in [1.54, 1.807) is 0 Å². The van der Waals surface area contributed by atoms with Gasteiger partial charge in [-0.1, -0.05) is 6.42 Å². The Morgan fingerprint density at radius 2 is 2.10 bits per heavy atom. The molecule has 0 aliphatic rings. The van der Waals surface area contributed by atoms with E-state index >= 15 is 0 Å². The first-order valence-electron chi connectivity index (χ1n) is 6.02. The number of unbranched alkanes of at least 4 members (excludes halogenated alkanes) is 1. The Labute approximate surface area is 123 Å². The molecule has 1 atom stereocenters. The summed E-state index contributed by atoms with van der Waals surface area (Å²) in [6.07, 6.45) is 2.21. The lowest BCUT2D eigenvalue weighted by molar-refractivity contribution is -0.385. The van der Waals surface area contributed by atoms with Gasteiger partial charge in [-0.25, -0.2) is 0 Å². The van der Waals surface area contributed by atoms with Gasteiger partial charge in [-0.05, 0) is 19.4 Å². The number of phenolic OH excluding ortho intramolecular Hbond substituents is 1. The summed E-state index contributed by atoms with van der Waals surface area (Å²) >= 11 is 0. The maximum Gasteiger partial charge on any atom is 0.273 e. The van der Waals surface area contributed by atoms with Gasteiger partial charge in [0.25, 0.3) is 5.69 Å². The molecule has 0 bridgehead atoms. The van der Waals surface area contributed by atoms with E-state index in [9.17, 15) is 15.2 Å². The van der Waals surface area contributed by atoms with Crippen molar-refractivity contribution in [2.45, 2.75) is 25.3 Å². The number of nitro benzene ring substituents is 1. The van der Waals surface area contributed by atoms with Crippen molar-refractivity contribution in [3.05, 3.63) is 27.8 Å². The van der Waals surface area contributed by atoms with Crippen molar-refractivity contribution < 1.29 is 14.8 Å². The van der Waals surface area contributed by atoms with E-state index in [0.717, 1.165) is 12.8 Å². The van der Waals surface area contributed by atoms with Crippen LogP contribution in [-0.2, 0) is 0 Å². The van der Waals surface area contributed by atoms with E-state index in [4.69, 9.17) is 16.2 Å². The Hall–Kier alpha value is -1.57. The molecule has 1 rings (SSSR count). The average molecular weight is 306 g/mol. The molecule has 0 saturated carbocycles. The third-order valence-electron chi connectivity index (χ3n) is 2.89. The molecule has 7 nitrogen and oxygen atoms in total. The van der Waals surface area contributed by atoms with E-state index in [2.05, 4.69) is 0 Å². The fraction of sp³-hybridized carbons (Fsp3) is 0.500. The fourth-order valence-corrected chi connectivity index (χ4v) is 1.82. The van der Waals surface area contributed by atoms with Gasteiger partial charge in [0.1, 0.15) is 0 Å². The lowest BCUT2D eigenvalue weighted by atomic mass is 10.00. The molecule has 0 unspecified atom stereocenters. The van der Waals surface area contributed by atoms with Crippen LogP contribution in [0.3, 0.4) is 0 Å². The molecule has 0 aliphatic carbocycles. The van der Waals surface area contributed by atoms with E-state index in [1.165, 1.54) is 19.2 Å². The molecule has 0 heterocycles. The third kappa shape index (κ3) is 4.52. The summed E-state index contributed by atoms with van der Waals surface area (Å²) in [5.41, 5.74) is 11.5. The van der Waals surface area contributed by atoms with Gasteiger partial charge >= 0.3 is 0 Å². The molecule has 0 fully saturated rings. The lowest BCUT2D eigenvalue weighted by Gasteiger charge is -2.15. The van der Waals surface area contributed by atoms with Gasteiger partial charge in [-0.15, -0.1) is 12.4 Å². The second kappa shape index (κ2) is 8.57. The highest BCUT2D eigenvalue weighted by molar-refractivity contribution is 5.85. The van der Waals surface area contributed by atoms with Crippen LogP contribution in [0.2, 0.25) is 0 Å². The SMILES string of the molecule is COc1cc([N+](=O)[O-])cc([C@H](N)CCCCN)c1O.Cl. The molecule has 0 radical (unpaired) electrons. The fourth-order valence-electron chi connectivity index (χ4n) is 1.82. The Balaban J connectivity index is 0.00000361. The van der Waals surface area contributed by atoms with Crippen molar-refractivity contribution in [3.8, 4) is 11.5 Å². The van der Waals surface area contributed by atoms with Crippen LogP contribution in [0.4, 0.5) is 5.69 Å². The molecule has 0 amide bonds. The predicted octanol–water partition coefficient (Wildman–Crippen LogP) is 1.86. The summed E-state index contributed by atoms with van der Waals surface area (Å²) in [4.78, 5) is 10.3. The van der Waals surface area contributed by atoms with Crippen molar-refractivity contribution >= 4 is 18.1 Å². The second-order valence-electron chi connectivity index (χ2n) is 4.23. The average Bonchev–Trinajstić information content (AvgIpc) is 2.38. The Morgan fingerprint density at radius 3 is 2.60 bits per heavy atom. The smallest absolute Gasteiger partial charge is 0.273 e. The first kappa shape index (κ1) is 18.4. The first-order chi connectivity index (χ1) is 9.01. The molecule has 114 valence electrons. The van der Waals surface area contributed by atoms with Crippen LogP contribution in [0.1, 0.15) is 30.9 Å². The number of hydrogen-bond acceptors (Lipinski definition) is 6. The third-order valence-corrected chi connectivity index (χ3v) is 2.89. The van der Waals surface area contributed by atoms with Crippen LogP contribution in [-0.4, -0.2) is 23.7 Å². The molecular weight excluding hydrogens is 286 g/mol. The number of aromatic hydroxyl groups is 1. The highest BCUT2D eigenvalue weighted by Gasteiger charge is 2.20. The number of non-ortho nitro benzene ring substituents is 1. The summed E-state index contributed by atoms with van der Waals surface area (Å²) in [6.45, 7) is 0.566. The van der Waals surface area contributed by atoms with E-state index in [-0.39, 0.29) is 29.6 Å². The van der Waals surface area contributed by atoms with Crippen LogP contribution in [0.25, 0.3) is 0 Å². The number of halogens is 1. The van der Waals surface area contributed by atoms with Gasteiger partial charge in [-0.2, -0.15) is 0 Å². The minimum absolute atomic E-state index is 0. The number of methoxy groups -OCH3 is 1. The van der Waals surface area contributed by atoms with Gasteiger partial charge in [0.2, 0.25) is 0 Å². The zero-order chi connectivity index (χ0) is 14.4. The topological polar surface area (TPSA) is 125 Å². The monoisotopic (exact) mass is 305 g/mol. The van der Waals surface area contributed by atoms with Crippen molar-refractivity contribution in [2.24, 2.45) is 11.5 Å². The van der Waals surface area contributed by atoms with Crippen molar-refractivity contribution in [1.82, 2.24) is 0 Å². The maximum absolute atomic E-state index is 10.8. The minimum Gasteiger partial charge on any atom is -0.504 e. The van der Waals surface area contributed by atoms with Crippen molar-refractivity contribution in [1.29, 1.82) is 0 Å². The van der Waals surface area contributed by atoms with Gasteiger partial charge in [0.15, 0.2) is 11.5 Å². The Morgan fingerprint density at radius 1 is 1.45 bits per heavy atom. The highest BCUT2D eigenvalue weighted by Crippen LogP contribution is 2.38. The standard InChI is InChI=1S/C12H19N3O4.ClH/c1-19-11-7-8(15(17)18)6-9(12(11)16)10(14)4-2-3-5-13;/h6-7,10,16H,2-5,13-14H2,1H3;1H/t10-;/m1./s1. The molecule has 0 spiro atoms. The molecule has 1 aromatic rings. The predicted molar refractivity (Wildman–Crippen MR) is 78.4 cm³/mol.